The van der Waals surface area contributed by atoms with Gasteiger partial charge in [0.25, 0.3) is 5.69 Å². The average molecular weight is 396 g/mol. The highest BCUT2D eigenvalue weighted by Crippen LogP contribution is 2.36. The molecule has 0 unspecified atom stereocenters. The number of aromatic nitrogens is 2. The summed E-state index contributed by atoms with van der Waals surface area (Å²) < 4.78 is 4.98. The molecule has 4 aromatic rings. The third kappa shape index (κ3) is 2.95. The number of pyridine rings is 1. The number of non-ortho nitro benzene ring substituents is 1. The Bertz CT molecular complexity index is 1230. The fourth-order valence-electron chi connectivity index (χ4n) is 3.08. The first-order chi connectivity index (χ1) is 13.5. The van der Waals surface area contributed by atoms with Gasteiger partial charge >= 0.3 is 5.97 Å². The zero-order valence-corrected chi connectivity index (χ0v) is 15.5. The topological polar surface area (TPSA) is 98.1 Å². The van der Waals surface area contributed by atoms with Gasteiger partial charge in [0.1, 0.15) is 0 Å². The van der Waals surface area contributed by atoms with Crippen molar-refractivity contribution < 1.29 is 14.5 Å². The maximum absolute atomic E-state index is 11.8. The van der Waals surface area contributed by atoms with Crippen molar-refractivity contribution in [2.75, 3.05) is 6.61 Å². The molecule has 0 aliphatic heterocycles. The minimum Gasteiger partial charge on any atom is -0.462 e. The Kier molecular flexibility index (Phi) is 4.44. The zero-order chi connectivity index (χ0) is 19.8. The van der Waals surface area contributed by atoms with Crippen LogP contribution in [0, 0.1) is 10.1 Å². The lowest BCUT2D eigenvalue weighted by Crippen LogP contribution is -2.03. The van der Waals surface area contributed by atoms with Crippen molar-refractivity contribution in [2.24, 2.45) is 0 Å². The molecule has 2 aromatic heterocycles. The van der Waals surface area contributed by atoms with Crippen molar-refractivity contribution in [3.05, 3.63) is 69.2 Å². The third-order valence-electron chi connectivity index (χ3n) is 4.40. The predicted molar refractivity (Wildman–Crippen MR) is 107 cm³/mol. The van der Waals surface area contributed by atoms with Crippen LogP contribution in [0.4, 0.5) is 5.69 Å². The molecule has 0 amide bonds. The predicted octanol–water partition coefficient (Wildman–Crippen LogP) is 5.12. The number of rotatable bonds is 4. The van der Waals surface area contributed by atoms with E-state index in [1.807, 2.05) is 0 Å². The summed E-state index contributed by atoms with van der Waals surface area (Å²) in [5, 5.41) is 12.2. The minimum absolute atomic E-state index is 0.0946. The van der Waals surface area contributed by atoms with E-state index in [1.165, 1.54) is 6.07 Å². The average Bonchev–Trinajstić information content (AvgIpc) is 3.12. The Hall–Kier alpha value is -3.45. The van der Waals surface area contributed by atoms with Crippen LogP contribution in [0.25, 0.3) is 33.2 Å². The summed E-state index contributed by atoms with van der Waals surface area (Å²) in [6.07, 6.45) is 0. The molecular formula is C20H14ClN3O4. The second kappa shape index (κ2) is 6.94. The molecule has 28 heavy (non-hydrogen) atoms. The van der Waals surface area contributed by atoms with E-state index in [2.05, 4.69) is 9.97 Å². The lowest BCUT2D eigenvalue weighted by molar-refractivity contribution is -0.383. The summed E-state index contributed by atoms with van der Waals surface area (Å²) in [5.74, 6) is -0.381. The molecule has 0 atom stereocenters. The van der Waals surface area contributed by atoms with E-state index in [4.69, 9.17) is 16.3 Å². The normalized spacial score (nSPS) is 11.1. The molecule has 140 valence electrons. The van der Waals surface area contributed by atoms with Gasteiger partial charge in [0.05, 0.1) is 33.1 Å². The van der Waals surface area contributed by atoms with Gasteiger partial charge in [-0.1, -0.05) is 35.9 Å². The molecule has 0 aliphatic rings. The molecule has 8 heteroatoms. The van der Waals surface area contributed by atoms with Gasteiger partial charge in [-0.05, 0) is 30.7 Å². The maximum atomic E-state index is 11.8. The number of carbonyl (C=O) groups excluding carboxylic acids is 1. The second-order valence-electron chi connectivity index (χ2n) is 6.10. The quantitative estimate of drug-likeness (QED) is 0.293. The number of hydrogen-bond donors (Lipinski definition) is 1. The molecule has 0 bridgehead atoms. The van der Waals surface area contributed by atoms with Crippen LogP contribution in [0.15, 0.2) is 48.5 Å². The van der Waals surface area contributed by atoms with Crippen LogP contribution >= 0.6 is 11.6 Å². The fourth-order valence-corrected chi connectivity index (χ4v) is 3.38. The minimum atomic E-state index is -0.473. The number of aromatic amines is 1. The van der Waals surface area contributed by atoms with Crippen molar-refractivity contribution in [2.45, 2.75) is 6.92 Å². The number of benzene rings is 2. The van der Waals surface area contributed by atoms with Crippen molar-refractivity contribution in [3.8, 4) is 11.3 Å². The monoisotopic (exact) mass is 395 g/mol. The number of ether oxygens (including phenoxy) is 1. The van der Waals surface area contributed by atoms with Crippen molar-refractivity contribution >= 4 is 45.2 Å². The van der Waals surface area contributed by atoms with E-state index >= 15 is 0 Å². The summed E-state index contributed by atoms with van der Waals surface area (Å²) in [5.41, 5.74) is 3.28. The summed E-state index contributed by atoms with van der Waals surface area (Å²) in [6, 6.07) is 13.4. The largest absolute Gasteiger partial charge is 0.462 e. The van der Waals surface area contributed by atoms with E-state index in [9.17, 15) is 14.9 Å². The van der Waals surface area contributed by atoms with Crippen LogP contribution in [0.3, 0.4) is 0 Å². The summed E-state index contributed by atoms with van der Waals surface area (Å²) in [7, 11) is 0. The van der Waals surface area contributed by atoms with Gasteiger partial charge in [0, 0.05) is 17.1 Å². The van der Waals surface area contributed by atoms with Crippen molar-refractivity contribution in [1.29, 1.82) is 0 Å². The number of nitro groups is 1. The van der Waals surface area contributed by atoms with E-state index in [-0.39, 0.29) is 17.2 Å². The Morgan fingerprint density at radius 2 is 2.00 bits per heavy atom. The van der Waals surface area contributed by atoms with Gasteiger partial charge in [-0.25, -0.2) is 9.78 Å². The first-order valence-electron chi connectivity index (χ1n) is 8.52. The van der Waals surface area contributed by atoms with Gasteiger partial charge in [-0.15, -0.1) is 0 Å². The molecule has 0 aliphatic carbocycles. The number of fused-ring (bicyclic) bond motifs is 2. The van der Waals surface area contributed by atoms with Crippen molar-refractivity contribution in [3.63, 3.8) is 0 Å². The van der Waals surface area contributed by atoms with Gasteiger partial charge in [-0.3, -0.25) is 10.1 Å². The number of halogens is 1. The molecule has 4 rings (SSSR count). The summed E-state index contributed by atoms with van der Waals surface area (Å²) >= 11 is 6.50. The number of carbonyl (C=O) groups is 1. The number of nitro benzene ring substituents is 1. The fraction of sp³-hybridized carbons (Fsp3) is 0.100. The van der Waals surface area contributed by atoms with E-state index in [0.29, 0.717) is 33.6 Å². The molecule has 0 saturated heterocycles. The van der Waals surface area contributed by atoms with E-state index in [0.717, 1.165) is 11.3 Å². The van der Waals surface area contributed by atoms with Crippen molar-refractivity contribution in [1.82, 2.24) is 9.97 Å². The molecule has 0 spiro atoms. The lowest BCUT2D eigenvalue weighted by Gasteiger charge is -2.03. The van der Waals surface area contributed by atoms with Crippen LogP contribution in [0.2, 0.25) is 5.02 Å². The maximum Gasteiger partial charge on any atom is 0.338 e. The smallest absolute Gasteiger partial charge is 0.338 e. The number of hydrogen-bond acceptors (Lipinski definition) is 5. The first kappa shape index (κ1) is 17.9. The molecular weight excluding hydrogens is 382 g/mol. The standard InChI is InChI=1S/C20H14ClN3O4/c1-2-28-20(25)12-8-6-11(7-9-12)14-10-15-19(22-14)17(21)13-4-3-5-16(24(26)27)18(13)23-15/h3-10,22H,2H2,1H3. The van der Waals surface area contributed by atoms with E-state index in [1.54, 1.807) is 49.4 Å². The number of nitrogens with one attached hydrogen (secondary N) is 1. The number of esters is 1. The summed E-state index contributed by atoms with van der Waals surface area (Å²) in [6.45, 7) is 2.06. The molecule has 2 heterocycles. The molecule has 0 fully saturated rings. The highest BCUT2D eigenvalue weighted by atomic mass is 35.5. The number of para-hydroxylation sites is 1. The third-order valence-corrected chi connectivity index (χ3v) is 4.80. The van der Waals surface area contributed by atoms with Crippen LogP contribution < -0.4 is 0 Å². The molecule has 0 radical (unpaired) electrons. The molecule has 0 saturated carbocycles. The van der Waals surface area contributed by atoms with Crippen LogP contribution in [0.5, 0.6) is 0 Å². The van der Waals surface area contributed by atoms with Gasteiger partial charge in [0.15, 0.2) is 5.52 Å². The van der Waals surface area contributed by atoms with Crippen LogP contribution in [0.1, 0.15) is 17.3 Å². The Balaban J connectivity index is 1.83. The molecule has 7 nitrogen and oxygen atoms in total. The van der Waals surface area contributed by atoms with Crippen LogP contribution in [-0.4, -0.2) is 27.5 Å². The van der Waals surface area contributed by atoms with E-state index < -0.39 is 4.92 Å². The Morgan fingerprint density at radius 1 is 1.25 bits per heavy atom. The Labute approximate surface area is 164 Å². The molecule has 2 aromatic carbocycles. The van der Waals surface area contributed by atoms with Gasteiger partial charge in [-0.2, -0.15) is 0 Å². The summed E-state index contributed by atoms with van der Waals surface area (Å²) in [4.78, 5) is 30.3. The first-order valence-corrected chi connectivity index (χ1v) is 8.90. The number of H-pyrrole nitrogens is 1. The second-order valence-corrected chi connectivity index (χ2v) is 6.48. The highest BCUT2D eigenvalue weighted by Gasteiger charge is 2.18. The Morgan fingerprint density at radius 3 is 2.68 bits per heavy atom. The molecule has 1 N–H and O–H groups in total. The number of nitrogens with zero attached hydrogens (tertiary/aromatic N) is 2. The van der Waals surface area contributed by atoms with Crippen LogP contribution in [-0.2, 0) is 4.74 Å². The van der Waals surface area contributed by atoms with Gasteiger partial charge in [0.2, 0.25) is 0 Å². The zero-order valence-electron chi connectivity index (χ0n) is 14.7. The van der Waals surface area contributed by atoms with Gasteiger partial charge < -0.3 is 9.72 Å². The highest BCUT2D eigenvalue weighted by molar-refractivity contribution is 6.40. The lowest BCUT2D eigenvalue weighted by atomic mass is 10.1. The SMILES string of the molecule is CCOC(=O)c1ccc(-c2cc3nc4c([N+](=O)[O-])cccc4c(Cl)c3[nH]2)cc1.